The number of aldehydes is 1. The van der Waals surface area contributed by atoms with Gasteiger partial charge >= 0.3 is 68.3 Å². The van der Waals surface area contributed by atoms with E-state index in [9.17, 15) is 64.8 Å². The quantitative estimate of drug-likeness (QED) is 0.00909. The van der Waals surface area contributed by atoms with E-state index in [0.717, 1.165) is 116 Å². The number of hydrogen-bond acceptors (Lipinski definition) is 36. The molecule has 6 heterocycles. The average molecular weight is 2210 g/mol. The lowest BCUT2D eigenvalue weighted by molar-refractivity contribution is -0.134. The summed E-state index contributed by atoms with van der Waals surface area (Å²) in [5, 5.41) is 17.2. The molecule has 39 nitrogen and oxygen atoms in total. The number of rotatable bonds is 41. The largest absolute Gasteiger partial charge is 0.497 e. The smallest absolute Gasteiger partial charge is 0.388 e. The first-order valence-corrected chi connectivity index (χ1v) is 53.9. The molecule has 144 heavy (non-hydrogen) atoms. The summed E-state index contributed by atoms with van der Waals surface area (Å²) in [7, 11) is -4.50. The number of hydrogen-bond donors (Lipinski definition) is 4. The van der Waals surface area contributed by atoms with Crippen LogP contribution in [0.2, 0.25) is 0 Å². The molecule has 0 aliphatic carbocycles. The second-order valence-corrected chi connectivity index (χ2v) is 46.2. The zero-order valence-electron chi connectivity index (χ0n) is 80.9. The molecule has 0 saturated carbocycles. The van der Waals surface area contributed by atoms with Crippen LogP contribution in [0, 0.1) is 11.8 Å². The number of nitrogens with zero attached hydrogens (tertiary/aromatic N) is 6. The lowest BCUT2D eigenvalue weighted by Crippen LogP contribution is -2.42. The Kier molecular flexibility index (Phi) is 43.5. The number of nitrogens with two attached hydrogens (primary N) is 1. The van der Waals surface area contributed by atoms with Gasteiger partial charge in [0.05, 0.1) is 46.1 Å². The number of benzene rings is 6. The Labute approximate surface area is 841 Å². The molecule has 12 rings (SSSR count). The number of carbonyl (C=O) groups excluding carboxylic acids is 1. The van der Waals surface area contributed by atoms with Gasteiger partial charge in [-0.15, -0.1) is 34.8 Å². The SMILES string of the molecule is COP(=O)(CP(=O)(OC)OC)OC.COP(=O)(OC)/C(F)=C\[C@@]1(CCl)O[C@@H](n2ccc(N)nc2=O)[C@H](F)[C@@H]1O.COP(=O)(OC)C(F)P(=O)(OC)OC.COc1ccc(C(Nc2ccn([C@@H]3O[C@@](/C=C(/F)P(=O)(OC)OC)(CCl)[C@@H](C)[C@H]3F)c(=O)n2)(c2ccccc2)c2ccc(OC)cc2)cc1.COc1ccc(C(Nc2ccn([C@@H]3O[C@@](C=O)(CCl)[C@@H](C)[C@H]3F)c(=O)n2)(c2ccccc2)c2ccc(OC)cc2)cc1. The molecule has 790 valence electrons. The molecule has 0 spiro atoms. The zero-order valence-corrected chi connectivity index (χ0v) is 88.6. The fourth-order valence-electron chi connectivity index (χ4n) is 15.0. The summed E-state index contributed by atoms with van der Waals surface area (Å²) >= 11 is 17.9. The first-order valence-electron chi connectivity index (χ1n) is 42.6. The van der Waals surface area contributed by atoms with E-state index in [0.29, 0.717) is 35.4 Å². The summed E-state index contributed by atoms with van der Waals surface area (Å²) in [4.78, 5) is 62.7. The van der Waals surface area contributed by atoms with E-state index in [4.69, 9.17) is 82.7 Å². The van der Waals surface area contributed by atoms with Crippen LogP contribution in [-0.4, -0.2) is 224 Å². The Morgan fingerprint density at radius 3 is 0.972 bits per heavy atom. The van der Waals surface area contributed by atoms with Crippen molar-refractivity contribution in [1.29, 1.82) is 0 Å². The highest BCUT2D eigenvalue weighted by Gasteiger charge is 2.59. The molecule has 3 saturated heterocycles. The van der Waals surface area contributed by atoms with E-state index in [1.165, 1.54) is 66.8 Å². The van der Waals surface area contributed by atoms with Gasteiger partial charge in [-0.2, -0.15) is 23.7 Å². The van der Waals surface area contributed by atoms with Crippen molar-refractivity contribution in [1.82, 2.24) is 28.7 Å². The molecule has 54 heteroatoms. The minimum Gasteiger partial charge on any atom is -0.497 e. The molecule has 6 aromatic carbocycles. The second-order valence-electron chi connectivity index (χ2n) is 31.1. The van der Waals surface area contributed by atoms with E-state index in [2.05, 4.69) is 70.8 Å². The van der Waals surface area contributed by atoms with Crippen molar-refractivity contribution in [3.8, 4) is 23.0 Å². The summed E-state index contributed by atoms with van der Waals surface area (Å²) in [6, 6.07) is 53.9. The average Bonchev–Trinajstić information content (AvgIpc) is 1.70. The van der Waals surface area contributed by atoms with Gasteiger partial charge in [0.25, 0.3) is 0 Å². The molecule has 3 aromatic heterocycles. The van der Waals surface area contributed by atoms with Gasteiger partial charge in [-0.25, -0.2) is 31.9 Å². The summed E-state index contributed by atoms with van der Waals surface area (Å²) in [6.45, 7) is 2.99. The fraction of sp³-hybridized carbons (Fsp3) is 0.411. The molecule has 0 unspecified atom stereocenters. The molecular weight excluding hydrogens is 2090 g/mol. The summed E-state index contributed by atoms with van der Waals surface area (Å²) in [6.07, 6.45) is -6.48. The number of carbonyl (C=O) groups is 1. The lowest BCUT2D eigenvalue weighted by atomic mass is 9.77. The zero-order chi connectivity index (χ0) is 107. The van der Waals surface area contributed by atoms with Crippen LogP contribution in [0.15, 0.2) is 232 Å². The Morgan fingerprint density at radius 2 is 0.701 bits per heavy atom. The van der Waals surface area contributed by atoms with Gasteiger partial charge in [-0.1, -0.05) is 123 Å². The molecular formula is C90H112Cl3F6N9O30P6. The lowest BCUT2D eigenvalue weighted by Gasteiger charge is -2.37. The van der Waals surface area contributed by atoms with Crippen LogP contribution in [0.5, 0.6) is 23.0 Å². The van der Waals surface area contributed by atoms with E-state index < -0.39 is 174 Å². The number of alkyl halides is 7. The van der Waals surface area contributed by atoms with Crippen LogP contribution in [0.1, 0.15) is 65.9 Å². The molecule has 5 N–H and O–H groups in total. The molecule has 9 aromatic rings. The molecule has 3 aliphatic heterocycles. The monoisotopic (exact) mass is 2200 g/mol. The number of aliphatic hydroxyl groups is 1. The number of methoxy groups -OCH3 is 4. The molecule has 3 fully saturated rings. The normalized spacial score (nSPS) is 21.6. The Balaban J connectivity index is 0.000000240. The highest BCUT2D eigenvalue weighted by molar-refractivity contribution is 7.72. The van der Waals surface area contributed by atoms with Crippen molar-refractivity contribution in [2.75, 3.05) is 154 Å². The highest BCUT2D eigenvalue weighted by Crippen LogP contribution is 2.70. The maximum atomic E-state index is 15.9. The number of aliphatic hydroxyl groups excluding tert-OH is 1. The number of nitrogens with one attached hydrogen (secondary N) is 2. The number of anilines is 3. The van der Waals surface area contributed by atoms with Gasteiger partial charge in [0.1, 0.15) is 74.4 Å². The Hall–Kier alpha value is -9.10. The Morgan fingerprint density at radius 1 is 0.424 bits per heavy atom. The Bertz CT molecular complexity index is 6130. The van der Waals surface area contributed by atoms with Crippen molar-refractivity contribution in [2.45, 2.75) is 90.7 Å². The maximum Gasteiger partial charge on any atom is 0.388 e. The van der Waals surface area contributed by atoms with Crippen LogP contribution in [0.3, 0.4) is 0 Å². The molecule has 0 amide bonds. The third-order valence-corrected chi connectivity index (χ3v) is 37.9. The van der Waals surface area contributed by atoms with Crippen LogP contribution in [0.4, 0.5) is 43.8 Å². The van der Waals surface area contributed by atoms with Gasteiger partial charge < -0.3 is 114 Å². The maximum absolute atomic E-state index is 15.9. The third-order valence-electron chi connectivity index (χ3n) is 23.6. The van der Waals surface area contributed by atoms with E-state index in [-0.39, 0.29) is 29.2 Å². The predicted molar refractivity (Wildman–Crippen MR) is 525 cm³/mol. The van der Waals surface area contributed by atoms with Gasteiger partial charge in [-0.3, -0.25) is 41.1 Å². The van der Waals surface area contributed by atoms with Crippen molar-refractivity contribution in [2.24, 2.45) is 11.8 Å². The van der Waals surface area contributed by atoms with Crippen molar-refractivity contribution >= 4 is 104 Å². The number of nitrogen functional groups attached to an aromatic ring is 1. The van der Waals surface area contributed by atoms with Crippen LogP contribution in [-0.2, 0) is 112 Å². The molecule has 0 bridgehead atoms. The third kappa shape index (κ3) is 26.2. The van der Waals surface area contributed by atoms with Gasteiger partial charge in [0, 0.05) is 116 Å². The van der Waals surface area contributed by atoms with Crippen LogP contribution >= 0.6 is 80.4 Å². The van der Waals surface area contributed by atoms with Crippen LogP contribution in [0.25, 0.3) is 0 Å². The summed E-state index contributed by atoms with van der Waals surface area (Å²) in [5.74, 6) is -0.582. The highest BCUT2D eigenvalue weighted by atomic mass is 35.5. The van der Waals surface area contributed by atoms with E-state index in [1.807, 2.05) is 158 Å². The number of ether oxygens (including phenoxy) is 7. The second kappa shape index (κ2) is 52.2. The molecule has 0 radical (unpaired) electrons. The molecule has 12 atom stereocenters. The fourth-order valence-corrected chi connectivity index (χ4v) is 25.2. The first kappa shape index (κ1) is 120. The summed E-state index contributed by atoms with van der Waals surface area (Å²) < 4.78 is 255. The standard InChI is InChI=1S/C35H37ClF2N3O7P.C32H31ClFN3O5.C13H17ClF2N3O6P.C5H13FO6P2.C5H14O6P2/c1-23-31(38)32(48-34(23,22-36)21-29(37)49(43,46-4)47-5)41-20-19-30(39-33(41)42)40-35(24-9-7-6-8-10-24,25-11-15-27(44-2)16-12-25)26-13-17-28(45-3)18-14-26;1-21-28(34)29(42-31(21,19-33)20-38)37-18-17-27(35-30(37)39)36-32(22-7-5-4-6-8-22,23-9-13-25(40-2)14-10-23)24-11-15-26(41-3)16-12-24;1-23-26(22,24-2)7(15)5-13(6-14)10(20)9(16)11(25-13)19-4-3-8(17)18-12(19)21;1-9-13(7,10-2)5(6)14(8,11-3)12-4;1-8-12(6,9-2)5-13(7,10-3)11-4/h6-21,23,31-32H,22H2,1-5H3,(H,39,40,42);4-18,20-21,28-29H,19H2,1-3H3,(H,35,36,39);3-5,9-11,20H,6H2,1-2H3,(H2,17,18,21);5H,1-4H3;5H2,1-4H3/b29-21-;;7-5-;;/t23-,31+,32+,34-;21-,28+,29+,31+;9-,10+,11-,13+;;/m001../s1. The van der Waals surface area contributed by atoms with Crippen molar-refractivity contribution in [3.05, 3.63) is 283 Å². The van der Waals surface area contributed by atoms with E-state index >= 15 is 13.2 Å². The minimum atomic E-state index is -4.31. The van der Waals surface area contributed by atoms with E-state index in [1.54, 1.807) is 34.5 Å². The minimum absolute atomic E-state index is 0.101. The van der Waals surface area contributed by atoms with Crippen LogP contribution < -0.4 is 52.4 Å². The first-order chi connectivity index (χ1) is 68.3. The van der Waals surface area contributed by atoms with Gasteiger partial charge in [0.2, 0.25) is 11.1 Å². The van der Waals surface area contributed by atoms with Gasteiger partial charge in [0.15, 0.2) is 49.4 Å². The predicted octanol–water partition coefficient (Wildman–Crippen LogP) is 18.2. The number of halogens is 9. The molecule has 3 aliphatic rings. The van der Waals surface area contributed by atoms with Crippen molar-refractivity contribution < 1.29 is 151 Å². The number of aromatic nitrogens is 6. The van der Waals surface area contributed by atoms with Gasteiger partial charge in [-0.05, 0) is 112 Å². The topological polar surface area (TPSA) is 470 Å². The summed E-state index contributed by atoms with van der Waals surface area (Å²) in [5.41, 5.74) is -4.90. The van der Waals surface area contributed by atoms with Crippen molar-refractivity contribution in [3.63, 3.8) is 0 Å².